The van der Waals surface area contributed by atoms with Crippen LogP contribution in [0.4, 0.5) is 5.69 Å². The third-order valence-corrected chi connectivity index (χ3v) is 4.17. The van der Waals surface area contributed by atoms with Crippen LogP contribution in [0.25, 0.3) is 11.0 Å². The van der Waals surface area contributed by atoms with E-state index in [1.165, 1.54) is 6.34 Å². The van der Waals surface area contributed by atoms with Gasteiger partial charge in [0, 0.05) is 17.1 Å². The first-order chi connectivity index (χ1) is 8.79. The Kier molecular flexibility index (Phi) is 2.28. The molecule has 2 aromatic heterocycles. The first-order valence-corrected chi connectivity index (χ1v) is 7.31. The molecule has 0 aliphatic carbocycles. The molecule has 6 nitrogen and oxygen atoms in total. The summed E-state index contributed by atoms with van der Waals surface area (Å²) in [5.41, 5.74) is 0.836. The normalized spacial score (nSPS) is 17.7. The van der Waals surface area contributed by atoms with Crippen LogP contribution in [0.3, 0.4) is 0 Å². The number of pyridine rings is 1. The molecule has 1 aliphatic heterocycles. The molecule has 0 bridgehead atoms. The summed E-state index contributed by atoms with van der Waals surface area (Å²) in [4.78, 5) is 8.93. The van der Waals surface area contributed by atoms with Gasteiger partial charge in [-0.05, 0) is 32.9 Å². The Morgan fingerprint density at radius 2 is 2.05 bits per heavy atom. The van der Waals surface area contributed by atoms with Gasteiger partial charge in [-0.2, -0.15) is 8.42 Å². The molecule has 3 rings (SSSR count). The van der Waals surface area contributed by atoms with E-state index in [1.807, 2.05) is 37.8 Å². The molecule has 3 heterocycles. The van der Waals surface area contributed by atoms with Crippen molar-refractivity contribution in [3.63, 3.8) is 0 Å². The van der Waals surface area contributed by atoms with Gasteiger partial charge >= 0.3 is 10.0 Å². The van der Waals surface area contributed by atoms with Crippen LogP contribution in [0.15, 0.2) is 27.8 Å². The molecule has 100 valence electrons. The first kappa shape index (κ1) is 12.2. The van der Waals surface area contributed by atoms with Crippen LogP contribution in [0.1, 0.15) is 20.8 Å². The number of nitrogens with zero attached hydrogens (tertiary/aromatic N) is 3. The van der Waals surface area contributed by atoms with Crippen LogP contribution in [-0.4, -0.2) is 30.3 Å². The molecule has 1 aliphatic rings. The Balaban J connectivity index is 2.36. The van der Waals surface area contributed by atoms with Gasteiger partial charge in [-0.3, -0.25) is 0 Å². The monoisotopic (exact) mass is 278 g/mol. The highest BCUT2D eigenvalue weighted by Gasteiger charge is 2.33. The molecule has 0 spiro atoms. The van der Waals surface area contributed by atoms with Crippen molar-refractivity contribution in [1.82, 2.24) is 9.97 Å². The summed E-state index contributed by atoms with van der Waals surface area (Å²) >= 11 is 0. The average molecular weight is 278 g/mol. The predicted octanol–water partition coefficient (Wildman–Crippen LogP) is 1.90. The summed E-state index contributed by atoms with van der Waals surface area (Å²) in [5.74, 6) is 0. The Labute approximate surface area is 111 Å². The van der Waals surface area contributed by atoms with Gasteiger partial charge in [0.05, 0.1) is 5.69 Å². The minimum atomic E-state index is -3.71. The van der Waals surface area contributed by atoms with Crippen molar-refractivity contribution in [3.05, 3.63) is 18.3 Å². The van der Waals surface area contributed by atoms with Crippen LogP contribution in [0.5, 0.6) is 0 Å². The lowest BCUT2D eigenvalue weighted by atomic mass is 10.1. The lowest BCUT2D eigenvalue weighted by molar-refractivity contribution is 0.562. The van der Waals surface area contributed by atoms with Crippen molar-refractivity contribution in [2.75, 3.05) is 4.90 Å². The second-order valence-electron chi connectivity index (χ2n) is 5.46. The molecule has 0 saturated carbocycles. The van der Waals surface area contributed by atoms with Crippen LogP contribution in [-0.2, 0) is 10.0 Å². The fourth-order valence-electron chi connectivity index (χ4n) is 2.07. The molecule has 19 heavy (non-hydrogen) atoms. The first-order valence-electron chi connectivity index (χ1n) is 5.87. The molecule has 0 unspecified atom stereocenters. The number of sulfonamides is 1. The van der Waals surface area contributed by atoms with E-state index in [9.17, 15) is 8.42 Å². The number of nitrogens with one attached hydrogen (secondary N) is 1. The van der Waals surface area contributed by atoms with E-state index < -0.39 is 10.0 Å². The van der Waals surface area contributed by atoms with Crippen molar-refractivity contribution >= 4 is 33.1 Å². The molecule has 0 fully saturated rings. The SMILES string of the molecule is CC(C)(C)N1C=NS(=O)(=O)c2nc3[nH]ccc3cc21. The van der Waals surface area contributed by atoms with Crippen LogP contribution in [0.2, 0.25) is 0 Å². The lowest BCUT2D eigenvalue weighted by Gasteiger charge is -2.36. The van der Waals surface area contributed by atoms with Crippen LogP contribution < -0.4 is 4.90 Å². The van der Waals surface area contributed by atoms with Gasteiger partial charge < -0.3 is 9.88 Å². The summed E-state index contributed by atoms with van der Waals surface area (Å²) in [5, 5.41) is 0.873. The van der Waals surface area contributed by atoms with Gasteiger partial charge in [0.2, 0.25) is 5.03 Å². The number of hydrogen-bond donors (Lipinski definition) is 1. The molecule has 2 aromatic rings. The standard InChI is InChI=1S/C12H14N4O2S/c1-12(2,3)16-7-14-19(17,18)11-9(16)6-8-4-5-13-10(8)15-11/h4-7H,1-3H3,(H,13,15). The topological polar surface area (TPSA) is 78.4 Å². The van der Waals surface area contributed by atoms with E-state index in [4.69, 9.17) is 0 Å². The molecule has 0 radical (unpaired) electrons. The summed E-state index contributed by atoms with van der Waals surface area (Å²) in [6, 6.07) is 3.68. The van der Waals surface area contributed by atoms with Crippen molar-refractivity contribution in [2.45, 2.75) is 31.3 Å². The fourth-order valence-corrected chi connectivity index (χ4v) is 3.02. The van der Waals surface area contributed by atoms with Gasteiger partial charge in [-0.15, -0.1) is 4.40 Å². The molecule has 0 atom stereocenters. The van der Waals surface area contributed by atoms with Crippen molar-refractivity contribution in [2.24, 2.45) is 4.40 Å². The predicted molar refractivity (Wildman–Crippen MR) is 74.0 cm³/mol. The molecule has 0 aromatic carbocycles. The number of aromatic amines is 1. The second kappa shape index (κ2) is 3.57. The third kappa shape index (κ3) is 1.81. The lowest BCUT2D eigenvalue weighted by Crippen LogP contribution is -2.43. The van der Waals surface area contributed by atoms with Gasteiger partial charge in [-0.25, -0.2) is 4.98 Å². The molecular weight excluding hydrogens is 264 g/mol. The highest BCUT2D eigenvalue weighted by Crippen LogP contribution is 2.34. The summed E-state index contributed by atoms with van der Waals surface area (Å²) < 4.78 is 27.7. The van der Waals surface area contributed by atoms with E-state index in [-0.39, 0.29) is 10.6 Å². The maximum absolute atomic E-state index is 12.0. The zero-order valence-corrected chi connectivity index (χ0v) is 11.7. The van der Waals surface area contributed by atoms with E-state index in [0.717, 1.165) is 5.39 Å². The highest BCUT2D eigenvalue weighted by molar-refractivity contribution is 7.90. The number of rotatable bonds is 0. The smallest absolute Gasteiger partial charge is 0.303 e. The Bertz CT molecular complexity index is 784. The number of hydrogen-bond acceptors (Lipinski definition) is 4. The molecule has 1 N–H and O–H groups in total. The number of anilines is 1. The average Bonchev–Trinajstić information content (AvgIpc) is 2.72. The largest absolute Gasteiger partial charge is 0.346 e. The van der Waals surface area contributed by atoms with Gasteiger partial charge in [0.25, 0.3) is 0 Å². The third-order valence-electron chi connectivity index (χ3n) is 3.01. The number of H-pyrrole nitrogens is 1. The van der Waals surface area contributed by atoms with Crippen LogP contribution >= 0.6 is 0 Å². The maximum atomic E-state index is 12.0. The van der Waals surface area contributed by atoms with E-state index >= 15 is 0 Å². The Hall–Kier alpha value is -1.89. The quantitative estimate of drug-likeness (QED) is 0.798. The number of fused-ring (bicyclic) bond motifs is 2. The van der Waals surface area contributed by atoms with Gasteiger partial charge in [-0.1, -0.05) is 0 Å². The number of aromatic nitrogens is 2. The van der Waals surface area contributed by atoms with Crippen molar-refractivity contribution in [1.29, 1.82) is 0 Å². The molecular formula is C12H14N4O2S. The minimum absolute atomic E-state index is 0.000116. The van der Waals surface area contributed by atoms with Gasteiger partial charge in [0.1, 0.15) is 12.0 Å². The Morgan fingerprint density at radius 1 is 1.32 bits per heavy atom. The molecule has 7 heteroatoms. The van der Waals surface area contributed by atoms with E-state index in [1.54, 1.807) is 6.20 Å². The molecule has 0 saturated heterocycles. The van der Waals surface area contributed by atoms with Gasteiger partial charge in [0.15, 0.2) is 0 Å². The summed E-state index contributed by atoms with van der Waals surface area (Å²) in [7, 11) is -3.71. The zero-order valence-electron chi connectivity index (χ0n) is 10.9. The second-order valence-corrected chi connectivity index (χ2v) is 7.01. The minimum Gasteiger partial charge on any atom is -0.346 e. The highest BCUT2D eigenvalue weighted by atomic mass is 32.2. The summed E-state index contributed by atoms with van der Waals surface area (Å²) in [6.45, 7) is 5.96. The molecule has 0 amide bonds. The van der Waals surface area contributed by atoms with E-state index in [2.05, 4.69) is 14.4 Å². The van der Waals surface area contributed by atoms with E-state index in [0.29, 0.717) is 11.3 Å². The summed E-state index contributed by atoms with van der Waals surface area (Å²) in [6.07, 6.45) is 3.09. The van der Waals surface area contributed by atoms with Crippen molar-refractivity contribution in [3.8, 4) is 0 Å². The fraction of sp³-hybridized carbons (Fsp3) is 0.333. The van der Waals surface area contributed by atoms with Crippen molar-refractivity contribution < 1.29 is 8.42 Å². The maximum Gasteiger partial charge on any atom is 0.303 e. The zero-order chi connectivity index (χ0) is 13.8. The Morgan fingerprint density at radius 3 is 2.74 bits per heavy atom. The van der Waals surface area contributed by atoms with Crippen LogP contribution in [0, 0.1) is 0 Å².